The van der Waals surface area contributed by atoms with Gasteiger partial charge in [0, 0.05) is 5.56 Å². The molecule has 0 unspecified atom stereocenters. The molecule has 20 heavy (non-hydrogen) atoms. The van der Waals surface area contributed by atoms with Crippen LogP contribution in [-0.4, -0.2) is 22.7 Å². The van der Waals surface area contributed by atoms with Gasteiger partial charge in [-0.2, -0.15) is 0 Å². The van der Waals surface area contributed by atoms with E-state index in [1.165, 1.54) is 6.07 Å². The molecule has 0 fully saturated rings. The first kappa shape index (κ1) is 13.9. The Kier molecular flexibility index (Phi) is 4.20. The first-order chi connectivity index (χ1) is 9.63. The average molecular weight is 273 g/mol. The maximum absolute atomic E-state index is 11.7. The van der Waals surface area contributed by atoms with Crippen molar-refractivity contribution < 1.29 is 14.6 Å². The van der Waals surface area contributed by atoms with Crippen molar-refractivity contribution in [1.82, 2.24) is 4.98 Å². The third kappa shape index (κ3) is 2.88. The molecule has 2 aromatic rings. The minimum Gasteiger partial charge on any atom is -0.493 e. The van der Waals surface area contributed by atoms with Crippen molar-refractivity contribution in [1.29, 1.82) is 0 Å². The van der Waals surface area contributed by atoms with E-state index in [4.69, 9.17) is 9.84 Å². The molecule has 1 heterocycles. The molecule has 0 aliphatic rings. The maximum Gasteiger partial charge on any atom is 0.341 e. The summed E-state index contributed by atoms with van der Waals surface area (Å²) in [6.07, 6.45) is 0.878. The molecule has 1 aromatic heterocycles. The highest BCUT2D eigenvalue weighted by atomic mass is 16.5. The number of hydrogen-bond acceptors (Lipinski definition) is 3. The van der Waals surface area contributed by atoms with Gasteiger partial charge in [0.1, 0.15) is 11.3 Å². The lowest BCUT2D eigenvalue weighted by Crippen LogP contribution is -2.17. The fourth-order valence-electron chi connectivity index (χ4n) is 1.83. The fourth-order valence-corrected chi connectivity index (χ4v) is 1.83. The van der Waals surface area contributed by atoms with Gasteiger partial charge < -0.3 is 14.8 Å². The van der Waals surface area contributed by atoms with Gasteiger partial charge in [0.05, 0.1) is 12.3 Å². The molecule has 5 heteroatoms. The van der Waals surface area contributed by atoms with Crippen LogP contribution in [0.1, 0.15) is 23.7 Å². The van der Waals surface area contributed by atoms with Crippen LogP contribution in [0.2, 0.25) is 0 Å². The Labute approximate surface area is 115 Å². The first-order valence-corrected chi connectivity index (χ1v) is 6.32. The van der Waals surface area contributed by atoms with Gasteiger partial charge in [-0.05, 0) is 30.7 Å². The Morgan fingerprint density at radius 3 is 2.65 bits per heavy atom. The molecule has 2 rings (SSSR count). The normalized spacial score (nSPS) is 10.2. The van der Waals surface area contributed by atoms with Gasteiger partial charge in [-0.1, -0.05) is 19.1 Å². The number of carbonyl (C=O) groups is 1. The van der Waals surface area contributed by atoms with Gasteiger partial charge in [0.25, 0.3) is 5.56 Å². The SMILES string of the molecule is CCCOc1ccccc1-c1ccc(C(=O)O)c(=O)[nH]1. The molecule has 0 saturated carbocycles. The number of aromatic carboxylic acids is 1. The summed E-state index contributed by atoms with van der Waals surface area (Å²) in [7, 11) is 0. The number of ether oxygens (including phenoxy) is 1. The van der Waals surface area contributed by atoms with E-state index in [2.05, 4.69) is 4.98 Å². The highest BCUT2D eigenvalue weighted by Gasteiger charge is 2.11. The van der Waals surface area contributed by atoms with Crippen molar-refractivity contribution >= 4 is 5.97 Å². The zero-order chi connectivity index (χ0) is 14.5. The number of aromatic amines is 1. The van der Waals surface area contributed by atoms with Gasteiger partial charge in [-0.25, -0.2) is 4.79 Å². The standard InChI is InChI=1S/C15H15NO4/c1-2-9-20-13-6-4-3-5-10(13)12-8-7-11(15(18)19)14(17)16-12/h3-8H,2,9H2,1H3,(H,16,17)(H,18,19). The molecular formula is C15H15NO4. The molecule has 0 bridgehead atoms. The number of H-pyrrole nitrogens is 1. The summed E-state index contributed by atoms with van der Waals surface area (Å²) in [5, 5.41) is 8.85. The van der Waals surface area contributed by atoms with Gasteiger partial charge in [0.2, 0.25) is 0 Å². The topological polar surface area (TPSA) is 79.4 Å². The van der Waals surface area contributed by atoms with Crippen LogP contribution in [0.4, 0.5) is 0 Å². The largest absolute Gasteiger partial charge is 0.493 e. The van der Waals surface area contributed by atoms with Crippen LogP contribution >= 0.6 is 0 Å². The highest BCUT2D eigenvalue weighted by molar-refractivity contribution is 5.87. The van der Waals surface area contributed by atoms with E-state index in [0.717, 1.165) is 12.0 Å². The van der Waals surface area contributed by atoms with E-state index in [0.29, 0.717) is 18.1 Å². The van der Waals surface area contributed by atoms with E-state index in [1.54, 1.807) is 6.07 Å². The molecular weight excluding hydrogens is 258 g/mol. The molecule has 104 valence electrons. The van der Waals surface area contributed by atoms with E-state index in [-0.39, 0.29) is 5.56 Å². The summed E-state index contributed by atoms with van der Waals surface area (Å²) in [5.74, 6) is -0.582. The lowest BCUT2D eigenvalue weighted by Gasteiger charge is -2.10. The number of rotatable bonds is 5. The van der Waals surface area contributed by atoms with Crippen molar-refractivity contribution in [2.75, 3.05) is 6.61 Å². The molecule has 0 aliphatic carbocycles. The number of aromatic nitrogens is 1. The monoisotopic (exact) mass is 273 g/mol. The Bertz CT molecular complexity index is 676. The van der Waals surface area contributed by atoms with E-state index in [9.17, 15) is 9.59 Å². The van der Waals surface area contributed by atoms with Crippen molar-refractivity contribution in [3.05, 3.63) is 52.3 Å². The number of hydrogen-bond donors (Lipinski definition) is 2. The quantitative estimate of drug-likeness (QED) is 0.877. The number of benzene rings is 1. The van der Waals surface area contributed by atoms with E-state index in [1.807, 2.05) is 31.2 Å². The van der Waals surface area contributed by atoms with Crippen LogP contribution in [0, 0.1) is 0 Å². The molecule has 0 amide bonds. The molecule has 1 aromatic carbocycles. The molecule has 0 atom stereocenters. The zero-order valence-electron chi connectivity index (χ0n) is 11.1. The number of para-hydroxylation sites is 1. The van der Waals surface area contributed by atoms with Crippen molar-refractivity contribution in [3.63, 3.8) is 0 Å². The highest BCUT2D eigenvalue weighted by Crippen LogP contribution is 2.27. The van der Waals surface area contributed by atoms with Gasteiger partial charge in [-0.3, -0.25) is 4.79 Å². The minimum absolute atomic E-state index is 0.277. The molecule has 0 spiro atoms. The second-order valence-corrected chi connectivity index (χ2v) is 4.26. The second kappa shape index (κ2) is 6.06. The summed E-state index contributed by atoms with van der Waals surface area (Å²) in [4.78, 5) is 25.1. The fraction of sp³-hybridized carbons (Fsp3) is 0.200. The Balaban J connectivity index is 2.44. The van der Waals surface area contributed by atoms with Crippen LogP contribution in [-0.2, 0) is 0 Å². The first-order valence-electron chi connectivity index (χ1n) is 6.32. The maximum atomic E-state index is 11.7. The van der Waals surface area contributed by atoms with Crippen LogP contribution < -0.4 is 10.3 Å². The Morgan fingerprint density at radius 2 is 2.00 bits per heavy atom. The molecule has 5 nitrogen and oxygen atoms in total. The van der Waals surface area contributed by atoms with Crippen LogP contribution in [0.25, 0.3) is 11.3 Å². The number of nitrogens with one attached hydrogen (secondary N) is 1. The number of carboxylic acid groups (broad SMARTS) is 1. The molecule has 0 aliphatic heterocycles. The van der Waals surface area contributed by atoms with E-state index < -0.39 is 11.5 Å². The summed E-state index contributed by atoms with van der Waals surface area (Å²) >= 11 is 0. The van der Waals surface area contributed by atoms with Crippen LogP contribution in [0.15, 0.2) is 41.2 Å². The third-order valence-electron chi connectivity index (χ3n) is 2.78. The van der Waals surface area contributed by atoms with Gasteiger partial charge >= 0.3 is 5.97 Å². The number of pyridine rings is 1. The summed E-state index contributed by atoms with van der Waals surface area (Å²) in [6, 6.07) is 10.2. The summed E-state index contributed by atoms with van der Waals surface area (Å²) < 4.78 is 5.62. The minimum atomic E-state index is -1.24. The summed E-state index contributed by atoms with van der Waals surface area (Å²) in [6.45, 7) is 2.58. The van der Waals surface area contributed by atoms with Crippen molar-refractivity contribution in [2.45, 2.75) is 13.3 Å². The van der Waals surface area contributed by atoms with Crippen LogP contribution in [0.3, 0.4) is 0 Å². The summed E-state index contributed by atoms with van der Waals surface area (Å²) in [5.41, 5.74) is 0.364. The zero-order valence-corrected chi connectivity index (χ0v) is 11.1. The third-order valence-corrected chi connectivity index (χ3v) is 2.78. The number of carboxylic acids is 1. The average Bonchev–Trinajstić information content (AvgIpc) is 2.45. The predicted octanol–water partition coefficient (Wildman–Crippen LogP) is 2.53. The van der Waals surface area contributed by atoms with Crippen molar-refractivity contribution in [3.8, 4) is 17.0 Å². The Morgan fingerprint density at radius 1 is 1.25 bits per heavy atom. The Hall–Kier alpha value is -2.56. The lowest BCUT2D eigenvalue weighted by molar-refractivity contribution is 0.0695. The van der Waals surface area contributed by atoms with E-state index >= 15 is 0 Å². The van der Waals surface area contributed by atoms with Gasteiger partial charge in [0.15, 0.2) is 0 Å². The van der Waals surface area contributed by atoms with Gasteiger partial charge in [-0.15, -0.1) is 0 Å². The smallest absolute Gasteiger partial charge is 0.341 e. The molecule has 0 radical (unpaired) electrons. The van der Waals surface area contributed by atoms with Crippen LogP contribution in [0.5, 0.6) is 5.75 Å². The second-order valence-electron chi connectivity index (χ2n) is 4.26. The predicted molar refractivity (Wildman–Crippen MR) is 75.2 cm³/mol. The molecule has 2 N–H and O–H groups in total. The molecule has 0 saturated heterocycles. The van der Waals surface area contributed by atoms with Crippen molar-refractivity contribution in [2.24, 2.45) is 0 Å². The lowest BCUT2D eigenvalue weighted by atomic mass is 10.1.